The van der Waals surface area contributed by atoms with Crippen molar-refractivity contribution in [2.24, 2.45) is 0 Å². The number of benzene rings is 1. The van der Waals surface area contributed by atoms with Gasteiger partial charge in [0.1, 0.15) is 17.1 Å². The smallest absolute Gasteiger partial charge is 0.416 e. The fraction of sp³-hybridized carbons (Fsp3) is 0.278. The Bertz CT molecular complexity index is 923. The second-order valence-corrected chi connectivity index (χ2v) is 6.15. The summed E-state index contributed by atoms with van der Waals surface area (Å²) in [7, 11) is 0. The molecule has 0 spiro atoms. The summed E-state index contributed by atoms with van der Waals surface area (Å²) in [5.74, 6) is 0.167. The SMILES string of the molecule is Cc1cc(C(F)(F)F)cc(O)c1-c1ccc(CNc2c(C)noc2C)nn1. The summed E-state index contributed by atoms with van der Waals surface area (Å²) < 4.78 is 43.6. The first-order valence-electron chi connectivity index (χ1n) is 8.07. The Hall–Kier alpha value is -3.10. The number of nitrogens with one attached hydrogen (secondary N) is 1. The maximum absolute atomic E-state index is 12.8. The van der Waals surface area contributed by atoms with E-state index in [1.54, 1.807) is 19.1 Å². The van der Waals surface area contributed by atoms with Crippen molar-refractivity contribution in [1.82, 2.24) is 15.4 Å². The highest BCUT2D eigenvalue weighted by Crippen LogP contribution is 2.38. The van der Waals surface area contributed by atoms with Crippen LogP contribution in [-0.4, -0.2) is 20.5 Å². The van der Waals surface area contributed by atoms with Crippen LogP contribution in [-0.2, 0) is 12.7 Å². The van der Waals surface area contributed by atoms with Gasteiger partial charge in [-0.2, -0.15) is 23.4 Å². The van der Waals surface area contributed by atoms with Gasteiger partial charge in [0, 0.05) is 5.56 Å². The van der Waals surface area contributed by atoms with Gasteiger partial charge >= 0.3 is 6.18 Å². The molecule has 3 rings (SSSR count). The number of hydrogen-bond donors (Lipinski definition) is 2. The lowest BCUT2D eigenvalue weighted by Crippen LogP contribution is -2.06. The van der Waals surface area contributed by atoms with Crippen LogP contribution in [0.2, 0.25) is 0 Å². The van der Waals surface area contributed by atoms with Crippen LogP contribution in [0.1, 0.15) is 28.3 Å². The fourth-order valence-electron chi connectivity index (χ4n) is 2.77. The zero-order valence-corrected chi connectivity index (χ0v) is 14.8. The molecular weight excluding hydrogens is 361 g/mol. The van der Waals surface area contributed by atoms with Gasteiger partial charge in [-0.3, -0.25) is 0 Å². The van der Waals surface area contributed by atoms with Crippen LogP contribution in [0.15, 0.2) is 28.8 Å². The van der Waals surface area contributed by atoms with E-state index in [1.165, 1.54) is 6.92 Å². The average molecular weight is 378 g/mol. The van der Waals surface area contributed by atoms with Gasteiger partial charge in [-0.1, -0.05) is 5.16 Å². The summed E-state index contributed by atoms with van der Waals surface area (Å²) in [6.45, 7) is 5.45. The number of aromatic nitrogens is 3. The lowest BCUT2D eigenvalue weighted by Gasteiger charge is -2.13. The number of aromatic hydroxyl groups is 1. The van der Waals surface area contributed by atoms with Gasteiger partial charge in [0.05, 0.1) is 23.5 Å². The van der Waals surface area contributed by atoms with Crippen molar-refractivity contribution < 1.29 is 22.8 Å². The maximum atomic E-state index is 12.8. The van der Waals surface area contributed by atoms with E-state index in [1.807, 2.05) is 6.92 Å². The first kappa shape index (κ1) is 18.7. The van der Waals surface area contributed by atoms with Gasteiger partial charge in [0.15, 0.2) is 5.76 Å². The molecule has 0 aliphatic heterocycles. The largest absolute Gasteiger partial charge is 0.507 e. The van der Waals surface area contributed by atoms with E-state index in [0.717, 1.165) is 17.4 Å². The number of halogens is 3. The summed E-state index contributed by atoms with van der Waals surface area (Å²) in [4.78, 5) is 0. The molecule has 142 valence electrons. The molecule has 0 bridgehead atoms. The van der Waals surface area contributed by atoms with Crippen molar-refractivity contribution in [2.75, 3.05) is 5.32 Å². The predicted molar refractivity (Wildman–Crippen MR) is 92.2 cm³/mol. The molecule has 0 saturated carbocycles. The van der Waals surface area contributed by atoms with E-state index in [-0.39, 0.29) is 11.1 Å². The van der Waals surface area contributed by atoms with Crippen LogP contribution in [0.5, 0.6) is 5.75 Å². The molecule has 3 aromatic rings. The molecule has 9 heteroatoms. The fourth-order valence-corrected chi connectivity index (χ4v) is 2.77. The summed E-state index contributed by atoms with van der Waals surface area (Å²) in [6.07, 6.45) is -4.53. The van der Waals surface area contributed by atoms with E-state index in [4.69, 9.17) is 4.52 Å². The molecule has 0 atom stereocenters. The molecule has 0 radical (unpaired) electrons. The Labute approximate surface area is 153 Å². The molecule has 2 heterocycles. The molecule has 6 nitrogen and oxygen atoms in total. The van der Waals surface area contributed by atoms with E-state index >= 15 is 0 Å². The molecule has 0 unspecified atom stereocenters. The van der Waals surface area contributed by atoms with E-state index in [9.17, 15) is 18.3 Å². The monoisotopic (exact) mass is 378 g/mol. The Morgan fingerprint density at radius 2 is 1.85 bits per heavy atom. The molecule has 27 heavy (non-hydrogen) atoms. The van der Waals surface area contributed by atoms with Crippen LogP contribution in [0.4, 0.5) is 18.9 Å². The van der Waals surface area contributed by atoms with Gasteiger partial charge in [-0.15, -0.1) is 0 Å². The second-order valence-electron chi connectivity index (χ2n) is 6.15. The Morgan fingerprint density at radius 3 is 2.37 bits per heavy atom. The van der Waals surface area contributed by atoms with Crippen molar-refractivity contribution in [3.63, 3.8) is 0 Å². The van der Waals surface area contributed by atoms with Crippen molar-refractivity contribution in [3.05, 3.63) is 52.5 Å². The number of rotatable bonds is 4. The van der Waals surface area contributed by atoms with E-state index < -0.39 is 17.5 Å². The van der Waals surface area contributed by atoms with E-state index in [0.29, 0.717) is 29.8 Å². The standard InChI is InChI=1S/C18H17F3N4O2/c1-9-6-12(18(19,20)21)7-15(26)16(9)14-5-4-13(23-24-14)8-22-17-10(2)25-27-11(17)3/h4-7,22,26H,8H2,1-3H3. The van der Waals surface area contributed by atoms with Crippen LogP contribution in [0, 0.1) is 20.8 Å². The predicted octanol–water partition coefficient (Wildman–Crippen LogP) is 4.39. The molecule has 1 aromatic carbocycles. The Balaban J connectivity index is 1.81. The zero-order chi connectivity index (χ0) is 19.8. The van der Waals surface area contributed by atoms with Crippen LogP contribution in [0.3, 0.4) is 0 Å². The number of aryl methyl sites for hydroxylation is 3. The van der Waals surface area contributed by atoms with Gasteiger partial charge in [0.2, 0.25) is 0 Å². The minimum atomic E-state index is -4.53. The summed E-state index contributed by atoms with van der Waals surface area (Å²) in [5.41, 5.74) is 1.98. The Kier molecular flexibility index (Phi) is 4.77. The van der Waals surface area contributed by atoms with Gasteiger partial charge in [-0.05, 0) is 50.6 Å². The van der Waals surface area contributed by atoms with Crippen LogP contribution in [0.25, 0.3) is 11.3 Å². The molecular formula is C18H17F3N4O2. The summed E-state index contributed by atoms with van der Waals surface area (Å²) >= 11 is 0. The lowest BCUT2D eigenvalue weighted by atomic mass is 10.0. The number of phenolic OH excluding ortho intramolecular Hbond substituents is 1. The van der Waals surface area contributed by atoms with Crippen molar-refractivity contribution in [1.29, 1.82) is 0 Å². The topological polar surface area (TPSA) is 84.1 Å². The zero-order valence-electron chi connectivity index (χ0n) is 14.8. The highest BCUT2D eigenvalue weighted by atomic mass is 19.4. The maximum Gasteiger partial charge on any atom is 0.416 e. The Morgan fingerprint density at radius 1 is 1.11 bits per heavy atom. The first-order valence-corrected chi connectivity index (χ1v) is 8.07. The van der Waals surface area contributed by atoms with Crippen molar-refractivity contribution >= 4 is 5.69 Å². The molecule has 2 aromatic heterocycles. The molecule has 0 aliphatic rings. The minimum absolute atomic E-state index is 0.223. The van der Waals surface area contributed by atoms with Crippen molar-refractivity contribution in [2.45, 2.75) is 33.5 Å². The number of nitrogens with zero attached hydrogens (tertiary/aromatic N) is 3. The molecule has 0 aliphatic carbocycles. The minimum Gasteiger partial charge on any atom is -0.507 e. The molecule has 2 N–H and O–H groups in total. The van der Waals surface area contributed by atoms with Crippen LogP contribution >= 0.6 is 0 Å². The van der Waals surface area contributed by atoms with Crippen LogP contribution < -0.4 is 5.32 Å². The number of alkyl halides is 3. The first-order chi connectivity index (χ1) is 12.7. The highest BCUT2D eigenvalue weighted by molar-refractivity contribution is 5.71. The van der Waals surface area contributed by atoms with Gasteiger partial charge in [-0.25, -0.2) is 0 Å². The summed E-state index contributed by atoms with van der Waals surface area (Å²) in [6, 6.07) is 4.96. The third-order valence-electron chi connectivity index (χ3n) is 4.10. The third kappa shape index (κ3) is 3.86. The van der Waals surface area contributed by atoms with Crippen molar-refractivity contribution in [3.8, 4) is 17.0 Å². The van der Waals surface area contributed by atoms with Gasteiger partial charge in [0.25, 0.3) is 0 Å². The molecule has 0 fully saturated rings. The quantitative estimate of drug-likeness (QED) is 0.700. The summed E-state index contributed by atoms with van der Waals surface area (Å²) in [5, 5.41) is 25.2. The molecule has 0 saturated heterocycles. The average Bonchev–Trinajstić information content (AvgIpc) is 2.91. The number of anilines is 1. The number of hydrogen-bond acceptors (Lipinski definition) is 6. The third-order valence-corrected chi connectivity index (χ3v) is 4.10. The van der Waals surface area contributed by atoms with Gasteiger partial charge < -0.3 is 14.9 Å². The normalized spacial score (nSPS) is 11.6. The highest BCUT2D eigenvalue weighted by Gasteiger charge is 2.32. The lowest BCUT2D eigenvalue weighted by molar-refractivity contribution is -0.137. The molecule has 0 amide bonds. The van der Waals surface area contributed by atoms with E-state index in [2.05, 4.69) is 20.7 Å². The number of phenols is 1. The second kappa shape index (κ2) is 6.90.